The summed E-state index contributed by atoms with van der Waals surface area (Å²) in [7, 11) is 0. The molecular formula is C15H25N3O. The summed E-state index contributed by atoms with van der Waals surface area (Å²) in [5, 5.41) is 6.91. The summed E-state index contributed by atoms with van der Waals surface area (Å²) < 4.78 is 5.82. The SMILES string of the molecule is CCCN(CC1CC1)C1=CCC2=C(N1)OCCNC2. The molecule has 0 bridgehead atoms. The second-order valence-electron chi connectivity index (χ2n) is 5.77. The van der Waals surface area contributed by atoms with Crippen LogP contribution in [0.3, 0.4) is 0 Å². The van der Waals surface area contributed by atoms with Crippen molar-refractivity contribution >= 4 is 0 Å². The number of hydrogen-bond acceptors (Lipinski definition) is 4. The van der Waals surface area contributed by atoms with Crippen LogP contribution in [0, 0.1) is 5.92 Å². The van der Waals surface area contributed by atoms with Gasteiger partial charge in [-0.05, 0) is 37.7 Å². The average Bonchev–Trinajstić information content (AvgIpc) is 3.23. The van der Waals surface area contributed by atoms with E-state index in [4.69, 9.17) is 4.74 Å². The molecule has 2 aliphatic heterocycles. The summed E-state index contributed by atoms with van der Waals surface area (Å²) in [6, 6.07) is 0. The Bertz CT molecular complexity index is 385. The van der Waals surface area contributed by atoms with Gasteiger partial charge in [0.25, 0.3) is 0 Å². The van der Waals surface area contributed by atoms with Crippen molar-refractivity contribution in [1.29, 1.82) is 0 Å². The molecule has 4 nitrogen and oxygen atoms in total. The third-order valence-corrected chi connectivity index (χ3v) is 3.98. The highest BCUT2D eigenvalue weighted by molar-refractivity contribution is 5.24. The second kappa shape index (κ2) is 5.87. The highest BCUT2D eigenvalue weighted by atomic mass is 16.5. The molecule has 1 saturated carbocycles. The maximum absolute atomic E-state index is 5.82. The lowest BCUT2D eigenvalue weighted by Gasteiger charge is -2.31. The van der Waals surface area contributed by atoms with Crippen LogP contribution in [0.25, 0.3) is 0 Å². The molecule has 0 aromatic rings. The molecule has 0 unspecified atom stereocenters. The van der Waals surface area contributed by atoms with Crippen LogP contribution >= 0.6 is 0 Å². The fourth-order valence-corrected chi connectivity index (χ4v) is 2.72. The van der Waals surface area contributed by atoms with Gasteiger partial charge in [-0.15, -0.1) is 0 Å². The van der Waals surface area contributed by atoms with E-state index < -0.39 is 0 Å². The van der Waals surface area contributed by atoms with Gasteiger partial charge in [-0.1, -0.05) is 6.92 Å². The Morgan fingerprint density at radius 3 is 3.11 bits per heavy atom. The maximum Gasteiger partial charge on any atom is 0.193 e. The van der Waals surface area contributed by atoms with Crippen molar-refractivity contribution in [3.8, 4) is 0 Å². The van der Waals surface area contributed by atoms with Crippen LogP contribution < -0.4 is 10.6 Å². The second-order valence-corrected chi connectivity index (χ2v) is 5.77. The number of dihydropyridines is 1. The summed E-state index contributed by atoms with van der Waals surface area (Å²) in [5.74, 6) is 3.18. The van der Waals surface area contributed by atoms with E-state index in [0.29, 0.717) is 0 Å². The van der Waals surface area contributed by atoms with Crippen molar-refractivity contribution in [3.63, 3.8) is 0 Å². The Kier molecular flexibility index (Phi) is 3.97. The van der Waals surface area contributed by atoms with E-state index in [1.165, 1.54) is 37.2 Å². The minimum atomic E-state index is 0.759. The topological polar surface area (TPSA) is 36.5 Å². The Balaban J connectivity index is 1.65. The van der Waals surface area contributed by atoms with Crippen molar-refractivity contribution in [1.82, 2.24) is 15.5 Å². The smallest absolute Gasteiger partial charge is 0.193 e. The lowest BCUT2D eigenvalue weighted by molar-refractivity contribution is 0.187. The molecule has 3 rings (SSSR count). The van der Waals surface area contributed by atoms with Crippen LogP contribution in [0.15, 0.2) is 23.4 Å². The van der Waals surface area contributed by atoms with Crippen molar-refractivity contribution in [2.75, 3.05) is 32.8 Å². The number of hydrogen-bond donors (Lipinski definition) is 2. The molecule has 106 valence electrons. The van der Waals surface area contributed by atoms with Gasteiger partial charge in [-0.25, -0.2) is 0 Å². The summed E-state index contributed by atoms with van der Waals surface area (Å²) in [6.45, 7) is 7.23. The zero-order chi connectivity index (χ0) is 13.1. The van der Waals surface area contributed by atoms with Crippen LogP contribution in [0.5, 0.6) is 0 Å². The number of ether oxygens (including phenoxy) is 1. The monoisotopic (exact) mass is 263 g/mol. The van der Waals surface area contributed by atoms with Gasteiger partial charge in [0.05, 0.1) is 0 Å². The van der Waals surface area contributed by atoms with Crippen LogP contribution in [0.4, 0.5) is 0 Å². The van der Waals surface area contributed by atoms with Crippen LogP contribution in [0.1, 0.15) is 32.6 Å². The number of nitrogens with one attached hydrogen (secondary N) is 2. The first kappa shape index (κ1) is 12.9. The third kappa shape index (κ3) is 3.24. The normalized spacial score (nSPS) is 22.9. The first-order valence-electron chi connectivity index (χ1n) is 7.64. The third-order valence-electron chi connectivity index (χ3n) is 3.98. The molecular weight excluding hydrogens is 238 g/mol. The van der Waals surface area contributed by atoms with E-state index >= 15 is 0 Å². The molecule has 0 amide bonds. The van der Waals surface area contributed by atoms with E-state index in [9.17, 15) is 0 Å². The molecule has 1 aliphatic carbocycles. The first-order chi connectivity index (χ1) is 9.36. The van der Waals surface area contributed by atoms with Gasteiger partial charge in [0.1, 0.15) is 12.4 Å². The van der Waals surface area contributed by atoms with Gasteiger partial charge >= 0.3 is 0 Å². The van der Waals surface area contributed by atoms with Gasteiger partial charge in [0.2, 0.25) is 0 Å². The number of allylic oxidation sites excluding steroid dienone is 1. The minimum Gasteiger partial charge on any atom is -0.478 e. The molecule has 0 saturated heterocycles. The van der Waals surface area contributed by atoms with E-state index in [0.717, 1.165) is 44.5 Å². The highest BCUT2D eigenvalue weighted by Crippen LogP contribution is 2.31. The standard InChI is InChI=1S/C15H25N3O/c1-2-8-18(11-12-3-4-12)14-6-5-13-10-16-7-9-19-15(13)17-14/h6,12,16-17H,2-5,7-11H2,1H3. The zero-order valence-electron chi connectivity index (χ0n) is 11.9. The molecule has 0 atom stereocenters. The lowest BCUT2D eigenvalue weighted by Crippen LogP contribution is -2.36. The van der Waals surface area contributed by atoms with Crippen molar-refractivity contribution in [3.05, 3.63) is 23.4 Å². The highest BCUT2D eigenvalue weighted by Gasteiger charge is 2.27. The summed E-state index contributed by atoms with van der Waals surface area (Å²) in [4.78, 5) is 2.50. The summed E-state index contributed by atoms with van der Waals surface area (Å²) in [6.07, 6.45) is 7.34. The predicted molar refractivity (Wildman–Crippen MR) is 76.3 cm³/mol. The van der Waals surface area contributed by atoms with Gasteiger partial charge in [0, 0.05) is 31.8 Å². The first-order valence-corrected chi connectivity index (χ1v) is 7.64. The van der Waals surface area contributed by atoms with Crippen molar-refractivity contribution in [2.45, 2.75) is 32.6 Å². The van der Waals surface area contributed by atoms with Crippen LogP contribution in [0.2, 0.25) is 0 Å². The van der Waals surface area contributed by atoms with E-state index in [1.807, 2.05) is 0 Å². The van der Waals surface area contributed by atoms with Crippen molar-refractivity contribution < 1.29 is 4.74 Å². The maximum atomic E-state index is 5.82. The van der Waals surface area contributed by atoms with E-state index in [2.05, 4.69) is 28.5 Å². The van der Waals surface area contributed by atoms with Gasteiger partial charge in [-0.3, -0.25) is 0 Å². The average molecular weight is 263 g/mol. The largest absolute Gasteiger partial charge is 0.478 e. The molecule has 2 N–H and O–H groups in total. The van der Waals surface area contributed by atoms with Gasteiger partial charge < -0.3 is 20.3 Å². The molecule has 2 heterocycles. The molecule has 0 aromatic heterocycles. The fourth-order valence-electron chi connectivity index (χ4n) is 2.72. The molecule has 4 heteroatoms. The molecule has 0 aromatic carbocycles. The predicted octanol–water partition coefficient (Wildman–Crippen LogP) is 1.77. The fraction of sp³-hybridized carbons (Fsp3) is 0.733. The number of nitrogens with zero attached hydrogens (tertiary/aromatic N) is 1. The van der Waals surface area contributed by atoms with E-state index in [-0.39, 0.29) is 0 Å². The number of rotatable bonds is 5. The van der Waals surface area contributed by atoms with Crippen molar-refractivity contribution in [2.24, 2.45) is 5.92 Å². The minimum absolute atomic E-state index is 0.759. The molecule has 0 spiro atoms. The van der Waals surface area contributed by atoms with Crippen LogP contribution in [-0.2, 0) is 4.74 Å². The summed E-state index contributed by atoms with van der Waals surface area (Å²) in [5.41, 5.74) is 1.35. The Hall–Kier alpha value is -1.16. The summed E-state index contributed by atoms with van der Waals surface area (Å²) >= 11 is 0. The van der Waals surface area contributed by atoms with Crippen LogP contribution in [-0.4, -0.2) is 37.7 Å². The lowest BCUT2D eigenvalue weighted by atomic mass is 10.1. The molecule has 19 heavy (non-hydrogen) atoms. The molecule has 3 aliphatic rings. The van der Waals surface area contributed by atoms with Gasteiger partial charge in [0.15, 0.2) is 5.88 Å². The Morgan fingerprint density at radius 1 is 1.42 bits per heavy atom. The van der Waals surface area contributed by atoms with E-state index in [1.54, 1.807) is 0 Å². The molecule has 0 radical (unpaired) electrons. The quantitative estimate of drug-likeness (QED) is 0.793. The Morgan fingerprint density at radius 2 is 2.32 bits per heavy atom. The molecule has 1 fully saturated rings. The van der Waals surface area contributed by atoms with Gasteiger partial charge in [-0.2, -0.15) is 0 Å². The Labute approximate surface area is 115 Å². The zero-order valence-corrected chi connectivity index (χ0v) is 11.9.